The number of aryl methyl sites for hydroxylation is 1. The van der Waals surface area contributed by atoms with Gasteiger partial charge in [-0.15, -0.1) is 11.6 Å². The molecule has 2 aromatic carbocycles. The zero-order valence-electron chi connectivity index (χ0n) is 22.4. The molecule has 2 heterocycles. The van der Waals surface area contributed by atoms with Gasteiger partial charge < -0.3 is 28.4 Å². The molecule has 210 valence electrons. The Bertz CT molecular complexity index is 1190. The van der Waals surface area contributed by atoms with Crippen LogP contribution in [0.1, 0.15) is 28.3 Å². The molecule has 0 fully saturated rings. The maximum atomic E-state index is 13.6. The highest BCUT2D eigenvalue weighted by Crippen LogP contribution is 2.49. The predicted molar refractivity (Wildman–Crippen MR) is 144 cm³/mol. The van der Waals surface area contributed by atoms with Crippen LogP contribution in [0.4, 0.5) is 4.79 Å². The number of hydrogen-bond donors (Lipinski definition) is 0. The van der Waals surface area contributed by atoms with Crippen molar-refractivity contribution >= 4 is 29.9 Å². The lowest BCUT2D eigenvalue weighted by Crippen LogP contribution is -2.57. The number of esters is 1. The van der Waals surface area contributed by atoms with Crippen LogP contribution in [-0.4, -0.2) is 82.0 Å². The van der Waals surface area contributed by atoms with E-state index in [2.05, 4.69) is 4.99 Å². The zero-order valence-corrected chi connectivity index (χ0v) is 23.2. The van der Waals surface area contributed by atoms with E-state index in [4.69, 9.17) is 40.0 Å². The summed E-state index contributed by atoms with van der Waals surface area (Å²) in [5.74, 6) is 0.590. The fraction of sp³-hybridized carbons (Fsp3) is 0.464. The minimum atomic E-state index is -0.782. The lowest BCUT2D eigenvalue weighted by atomic mass is 9.82. The number of amides is 1. The molecule has 0 aromatic heterocycles. The van der Waals surface area contributed by atoms with Gasteiger partial charge in [0.15, 0.2) is 17.8 Å². The highest BCUT2D eigenvalue weighted by atomic mass is 35.5. The number of alkyl halides is 1. The largest absolute Gasteiger partial charge is 0.493 e. The van der Waals surface area contributed by atoms with Crippen LogP contribution in [0.3, 0.4) is 0 Å². The molecule has 2 aliphatic rings. The SMILES string of the molecule is COc1c(C)cc2c(c1OCc1ccccc1)[C@H]([C@@H]1COC(=O)C=N1)N(C(=O)OCCCl)[C@H](C(OC)OC)C2. The minimum absolute atomic E-state index is 0.00528. The molecule has 1 amide bonds. The van der Waals surface area contributed by atoms with Crippen molar-refractivity contribution in [1.29, 1.82) is 0 Å². The van der Waals surface area contributed by atoms with E-state index in [1.807, 2.05) is 43.3 Å². The van der Waals surface area contributed by atoms with Gasteiger partial charge in [-0.05, 0) is 30.0 Å². The summed E-state index contributed by atoms with van der Waals surface area (Å²) in [7, 11) is 4.59. The second kappa shape index (κ2) is 13.1. The summed E-state index contributed by atoms with van der Waals surface area (Å²) in [6.07, 6.45) is 0.0860. The number of cyclic esters (lactones) is 1. The highest BCUT2D eigenvalue weighted by Gasteiger charge is 2.48. The Balaban J connectivity index is 1.92. The minimum Gasteiger partial charge on any atom is -0.493 e. The maximum absolute atomic E-state index is 13.6. The van der Waals surface area contributed by atoms with Crippen molar-refractivity contribution < 1.29 is 38.0 Å². The lowest BCUT2D eigenvalue weighted by molar-refractivity contribution is -0.154. The van der Waals surface area contributed by atoms with Gasteiger partial charge >= 0.3 is 12.1 Å². The molecule has 0 saturated carbocycles. The number of carbonyl (C=O) groups is 2. The Morgan fingerprint density at radius 2 is 1.92 bits per heavy atom. The summed E-state index contributed by atoms with van der Waals surface area (Å²) in [5.41, 5.74) is 3.42. The number of rotatable bonds is 10. The Hall–Kier alpha value is -3.34. The first kappa shape index (κ1) is 28.7. The Kier molecular flexibility index (Phi) is 9.66. The van der Waals surface area contributed by atoms with Crippen LogP contribution in [0.5, 0.6) is 11.5 Å². The van der Waals surface area contributed by atoms with Gasteiger partial charge in [-0.2, -0.15) is 0 Å². The number of benzene rings is 2. The summed E-state index contributed by atoms with van der Waals surface area (Å²) in [6.45, 7) is 2.15. The standard InChI is InChI=1S/C28H33ClN2O8/c1-17-12-19-13-21(27(35-3)36-4)31(28(33)37-11-10-29)24(20-16-38-22(32)14-30-20)23(19)26(25(17)34-2)39-15-18-8-6-5-7-9-18/h5-9,12,14,20-21,24,27H,10-11,13,15-16H2,1-4H3/t20-,21-,24-/m0/s1. The molecule has 39 heavy (non-hydrogen) atoms. The Morgan fingerprint density at radius 1 is 1.18 bits per heavy atom. The highest BCUT2D eigenvalue weighted by molar-refractivity contribution is 6.23. The number of fused-ring (bicyclic) bond motifs is 1. The number of nitrogens with zero attached hydrogens (tertiary/aromatic N) is 2. The van der Waals surface area contributed by atoms with Crippen LogP contribution in [-0.2, 0) is 36.8 Å². The van der Waals surface area contributed by atoms with Crippen molar-refractivity contribution in [2.45, 2.75) is 44.4 Å². The smallest absolute Gasteiger partial charge is 0.410 e. The first-order chi connectivity index (χ1) is 18.9. The first-order valence-corrected chi connectivity index (χ1v) is 13.1. The van der Waals surface area contributed by atoms with Crippen molar-refractivity contribution in [3.63, 3.8) is 0 Å². The predicted octanol–water partition coefficient (Wildman–Crippen LogP) is 3.84. The molecule has 0 spiro atoms. The van der Waals surface area contributed by atoms with Crippen molar-refractivity contribution in [2.75, 3.05) is 40.4 Å². The van der Waals surface area contributed by atoms with E-state index in [-0.39, 0.29) is 25.7 Å². The van der Waals surface area contributed by atoms with Gasteiger partial charge in [0.2, 0.25) is 0 Å². The van der Waals surface area contributed by atoms with Gasteiger partial charge in [-0.25, -0.2) is 9.59 Å². The molecular weight excluding hydrogens is 528 g/mol. The van der Waals surface area contributed by atoms with E-state index in [0.717, 1.165) is 22.9 Å². The molecule has 4 rings (SSSR count). The van der Waals surface area contributed by atoms with E-state index in [1.54, 1.807) is 7.11 Å². The number of halogens is 1. The monoisotopic (exact) mass is 560 g/mol. The van der Waals surface area contributed by atoms with Crippen molar-refractivity contribution in [2.24, 2.45) is 4.99 Å². The van der Waals surface area contributed by atoms with Crippen molar-refractivity contribution in [3.05, 3.63) is 58.7 Å². The number of methoxy groups -OCH3 is 3. The molecule has 2 aliphatic heterocycles. The fourth-order valence-corrected chi connectivity index (χ4v) is 5.26. The second-order valence-corrected chi connectivity index (χ2v) is 9.52. The number of hydrogen-bond acceptors (Lipinski definition) is 9. The van der Waals surface area contributed by atoms with E-state index in [9.17, 15) is 9.59 Å². The molecular formula is C28H33ClN2O8. The second-order valence-electron chi connectivity index (χ2n) is 9.15. The molecule has 0 aliphatic carbocycles. The summed E-state index contributed by atoms with van der Waals surface area (Å²) in [5, 5.41) is 0. The van der Waals surface area contributed by atoms with Crippen LogP contribution in [0, 0.1) is 6.92 Å². The summed E-state index contributed by atoms with van der Waals surface area (Å²) in [4.78, 5) is 31.5. The third-order valence-electron chi connectivity index (χ3n) is 6.78. The van der Waals surface area contributed by atoms with Gasteiger partial charge in [0.1, 0.15) is 32.1 Å². The van der Waals surface area contributed by atoms with Gasteiger partial charge in [0.05, 0.1) is 25.1 Å². The lowest BCUT2D eigenvalue weighted by Gasteiger charge is -2.47. The maximum Gasteiger partial charge on any atom is 0.410 e. The third kappa shape index (κ3) is 6.13. The van der Waals surface area contributed by atoms with Crippen LogP contribution in [0.25, 0.3) is 0 Å². The van der Waals surface area contributed by atoms with Crippen LogP contribution in [0.2, 0.25) is 0 Å². The molecule has 0 unspecified atom stereocenters. The molecule has 2 aromatic rings. The molecule has 11 heteroatoms. The molecule has 0 radical (unpaired) electrons. The molecule has 3 atom stereocenters. The fourth-order valence-electron chi connectivity index (χ4n) is 5.18. The zero-order chi connectivity index (χ0) is 27.9. The van der Waals surface area contributed by atoms with Gasteiger partial charge in [-0.3, -0.25) is 9.89 Å². The van der Waals surface area contributed by atoms with E-state index in [1.165, 1.54) is 19.1 Å². The summed E-state index contributed by atoms with van der Waals surface area (Å²) >= 11 is 5.84. The number of aliphatic imine (C=N–C) groups is 1. The van der Waals surface area contributed by atoms with Crippen molar-refractivity contribution in [3.8, 4) is 11.5 Å². The molecule has 0 N–H and O–H groups in total. The number of ether oxygens (including phenoxy) is 6. The van der Waals surface area contributed by atoms with Crippen molar-refractivity contribution in [1.82, 2.24) is 4.90 Å². The molecule has 0 bridgehead atoms. The van der Waals surface area contributed by atoms with E-state index >= 15 is 0 Å². The normalized spacial score (nSPS) is 20.4. The van der Waals surface area contributed by atoms with Crippen LogP contribution in [0.15, 0.2) is 41.4 Å². The quantitative estimate of drug-likeness (QED) is 0.245. The topological polar surface area (TPSA) is 105 Å². The summed E-state index contributed by atoms with van der Waals surface area (Å²) in [6, 6.07) is 9.72. The molecule has 10 nitrogen and oxygen atoms in total. The van der Waals surface area contributed by atoms with Gasteiger partial charge in [0.25, 0.3) is 0 Å². The average molecular weight is 561 g/mol. The summed E-state index contributed by atoms with van der Waals surface area (Å²) < 4.78 is 34.4. The van der Waals surface area contributed by atoms with Gasteiger partial charge in [0, 0.05) is 19.8 Å². The van der Waals surface area contributed by atoms with E-state index in [0.29, 0.717) is 23.5 Å². The third-order valence-corrected chi connectivity index (χ3v) is 6.94. The Morgan fingerprint density at radius 3 is 2.54 bits per heavy atom. The van der Waals surface area contributed by atoms with Gasteiger partial charge in [-0.1, -0.05) is 36.4 Å². The average Bonchev–Trinajstić information content (AvgIpc) is 2.95. The van der Waals surface area contributed by atoms with E-state index < -0.39 is 36.5 Å². The number of carbonyl (C=O) groups excluding carboxylic acids is 2. The van der Waals surface area contributed by atoms with Crippen LogP contribution < -0.4 is 9.47 Å². The Labute approximate surface area is 232 Å². The molecule has 0 saturated heterocycles. The first-order valence-electron chi connectivity index (χ1n) is 12.6. The van der Waals surface area contributed by atoms with Crippen LogP contribution >= 0.6 is 11.6 Å².